The minimum absolute atomic E-state index is 0.00552. The number of hydrogen-bond donors (Lipinski definition) is 2. The molecule has 20 heavy (non-hydrogen) atoms. The summed E-state index contributed by atoms with van der Waals surface area (Å²) in [6.07, 6.45) is 3.41. The lowest BCUT2D eigenvalue weighted by molar-refractivity contribution is 0.355. The Balaban J connectivity index is 2.62. The summed E-state index contributed by atoms with van der Waals surface area (Å²) in [5.41, 5.74) is 6.98. The first-order valence-electron chi connectivity index (χ1n) is 6.07. The van der Waals surface area contributed by atoms with Crippen molar-refractivity contribution < 1.29 is 8.42 Å². The van der Waals surface area contributed by atoms with Crippen molar-refractivity contribution in [3.05, 3.63) is 30.6 Å². The number of aromatic nitrogens is 2. The minimum atomic E-state index is -3.85. The van der Waals surface area contributed by atoms with Gasteiger partial charge in [0.25, 0.3) is 0 Å². The summed E-state index contributed by atoms with van der Waals surface area (Å²) in [4.78, 5) is 0.00552. The van der Waals surface area contributed by atoms with Gasteiger partial charge in [0.2, 0.25) is 10.0 Å². The molecule has 0 radical (unpaired) electrons. The third-order valence-corrected chi connectivity index (χ3v) is 3.84. The van der Waals surface area contributed by atoms with Gasteiger partial charge in [-0.25, -0.2) is 13.6 Å². The van der Waals surface area contributed by atoms with E-state index in [0.717, 1.165) is 0 Å². The van der Waals surface area contributed by atoms with E-state index in [0.29, 0.717) is 16.8 Å². The van der Waals surface area contributed by atoms with Crippen molar-refractivity contribution in [2.45, 2.75) is 31.2 Å². The van der Waals surface area contributed by atoms with Crippen molar-refractivity contribution in [1.29, 1.82) is 0 Å². The van der Waals surface area contributed by atoms with E-state index in [1.165, 1.54) is 6.07 Å². The zero-order valence-corrected chi connectivity index (χ0v) is 12.5. The van der Waals surface area contributed by atoms with Gasteiger partial charge in [-0.1, -0.05) is 6.07 Å². The van der Waals surface area contributed by atoms with Crippen LogP contribution < -0.4 is 10.9 Å². The Morgan fingerprint density at radius 1 is 1.25 bits per heavy atom. The van der Waals surface area contributed by atoms with E-state index in [9.17, 15) is 8.42 Å². The summed E-state index contributed by atoms with van der Waals surface area (Å²) in [6, 6.07) is 4.64. The van der Waals surface area contributed by atoms with E-state index in [1.807, 2.05) is 20.8 Å². The molecule has 0 saturated heterocycles. The Morgan fingerprint density at radius 3 is 2.40 bits per heavy atom. The third-order valence-electron chi connectivity index (χ3n) is 2.89. The van der Waals surface area contributed by atoms with Crippen LogP contribution >= 0.6 is 0 Å². The molecule has 4 N–H and O–H groups in total. The van der Waals surface area contributed by atoms with Crippen LogP contribution in [0.4, 0.5) is 5.69 Å². The highest BCUT2D eigenvalue weighted by Crippen LogP contribution is 2.29. The summed E-state index contributed by atoms with van der Waals surface area (Å²) in [6.45, 7) is 6.02. The molecule has 0 unspecified atom stereocenters. The summed E-state index contributed by atoms with van der Waals surface area (Å²) in [5.74, 6) is 0. The molecule has 6 nitrogen and oxygen atoms in total. The van der Waals surface area contributed by atoms with Gasteiger partial charge in [0.1, 0.15) is 0 Å². The number of benzene rings is 1. The number of primary sulfonamides is 1. The van der Waals surface area contributed by atoms with E-state index >= 15 is 0 Å². The van der Waals surface area contributed by atoms with Crippen LogP contribution in [-0.4, -0.2) is 18.2 Å². The SMILES string of the molecule is CC(C)(C)n1cc(-c2ccc(N)cc2S(N)(=O)=O)cn1. The molecule has 2 rings (SSSR count). The molecule has 0 atom stereocenters. The lowest BCUT2D eigenvalue weighted by Crippen LogP contribution is -2.21. The van der Waals surface area contributed by atoms with E-state index in [2.05, 4.69) is 5.10 Å². The number of nitrogen functional groups attached to an aromatic ring is 1. The van der Waals surface area contributed by atoms with Crippen molar-refractivity contribution in [3.8, 4) is 11.1 Å². The predicted octanol–water partition coefficient (Wildman–Crippen LogP) is 1.53. The van der Waals surface area contributed by atoms with Gasteiger partial charge in [-0.2, -0.15) is 5.10 Å². The van der Waals surface area contributed by atoms with Crippen molar-refractivity contribution in [1.82, 2.24) is 9.78 Å². The second-order valence-electron chi connectivity index (χ2n) is 5.65. The van der Waals surface area contributed by atoms with Crippen LogP contribution in [0.25, 0.3) is 11.1 Å². The molecule has 108 valence electrons. The predicted molar refractivity (Wildman–Crippen MR) is 78.4 cm³/mol. The molecule has 2 aromatic rings. The first-order chi connectivity index (χ1) is 9.09. The fourth-order valence-electron chi connectivity index (χ4n) is 1.84. The summed E-state index contributed by atoms with van der Waals surface area (Å²) in [5, 5.41) is 9.51. The van der Waals surface area contributed by atoms with Gasteiger partial charge in [0.05, 0.1) is 16.6 Å². The molecule has 0 aliphatic heterocycles. The maximum atomic E-state index is 11.7. The van der Waals surface area contributed by atoms with Crippen molar-refractivity contribution in [2.75, 3.05) is 5.73 Å². The van der Waals surface area contributed by atoms with Crippen molar-refractivity contribution >= 4 is 15.7 Å². The Hall–Kier alpha value is -1.86. The molecule has 0 amide bonds. The van der Waals surface area contributed by atoms with Gasteiger partial charge in [-0.3, -0.25) is 4.68 Å². The first kappa shape index (κ1) is 14.5. The molecule has 1 aromatic carbocycles. The van der Waals surface area contributed by atoms with Gasteiger partial charge in [0, 0.05) is 23.0 Å². The highest BCUT2D eigenvalue weighted by Gasteiger charge is 2.19. The van der Waals surface area contributed by atoms with Gasteiger partial charge >= 0.3 is 0 Å². The van der Waals surface area contributed by atoms with E-state index in [4.69, 9.17) is 10.9 Å². The van der Waals surface area contributed by atoms with Crippen LogP contribution in [0.5, 0.6) is 0 Å². The highest BCUT2D eigenvalue weighted by atomic mass is 32.2. The average molecular weight is 294 g/mol. The topological polar surface area (TPSA) is 104 Å². The zero-order valence-electron chi connectivity index (χ0n) is 11.7. The number of anilines is 1. The maximum absolute atomic E-state index is 11.7. The standard InChI is InChI=1S/C13H18N4O2S/c1-13(2,3)17-8-9(7-16-17)11-5-4-10(14)6-12(11)20(15,18)19/h4-8H,14H2,1-3H3,(H2,15,18,19). The Bertz CT molecular complexity index is 742. The van der Waals surface area contributed by atoms with Crippen LogP contribution in [0.3, 0.4) is 0 Å². The second kappa shape index (κ2) is 4.60. The van der Waals surface area contributed by atoms with Gasteiger partial charge in [-0.05, 0) is 32.9 Å². The van der Waals surface area contributed by atoms with Gasteiger partial charge < -0.3 is 5.73 Å². The van der Waals surface area contributed by atoms with Gasteiger partial charge in [-0.15, -0.1) is 0 Å². The molecule has 0 aliphatic carbocycles. The monoisotopic (exact) mass is 294 g/mol. The minimum Gasteiger partial charge on any atom is -0.399 e. The second-order valence-corrected chi connectivity index (χ2v) is 7.17. The molecule has 7 heteroatoms. The number of sulfonamides is 1. The third kappa shape index (κ3) is 2.83. The molecule has 0 aliphatic rings. The van der Waals surface area contributed by atoms with Crippen molar-refractivity contribution in [3.63, 3.8) is 0 Å². The normalized spacial score (nSPS) is 12.6. The van der Waals surface area contributed by atoms with E-state index < -0.39 is 10.0 Å². The fourth-order valence-corrected chi connectivity index (χ4v) is 2.63. The lowest BCUT2D eigenvalue weighted by atomic mass is 10.1. The van der Waals surface area contributed by atoms with Crippen LogP contribution in [0.1, 0.15) is 20.8 Å². The molecule has 1 heterocycles. The zero-order chi connectivity index (χ0) is 15.1. The fraction of sp³-hybridized carbons (Fsp3) is 0.308. The molecule has 0 saturated carbocycles. The smallest absolute Gasteiger partial charge is 0.238 e. The van der Waals surface area contributed by atoms with E-state index in [-0.39, 0.29) is 10.4 Å². The molecule has 0 fully saturated rings. The first-order valence-corrected chi connectivity index (χ1v) is 7.61. The average Bonchev–Trinajstić information content (AvgIpc) is 2.76. The Labute approximate surface area is 118 Å². The maximum Gasteiger partial charge on any atom is 0.238 e. The molecule has 0 spiro atoms. The summed E-state index contributed by atoms with van der Waals surface area (Å²) in [7, 11) is -3.85. The van der Waals surface area contributed by atoms with Crippen molar-refractivity contribution in [2.24, 2.45) is 5.14 Å². The quantitative estimate of drug-likeness (QED) is 0.819. The Kier molecular flexibility index (Phi) is 3.35. The van der Waals surface area contributed by atoms with Crippen LogP contribution in [0.15, 0.2) is 35.5 Å². The van der Waals surface area contributed by atoms with E-state index in [1.54, 1.807) is 29.2 Å². The molecular formula is C13H18N4O2S. The Morgan fingerprint density at radius 2 is 1.90 bits per heavy atom. The summed E-state index contributed by atoms with van der Waals surface area (Å²) >= 11 is 0. The number of nitrogens with zero attached hydrogens (tertiary/aromatic N) is 2. The number of nitrogens with two attached hydrogens (primary N) is 2. The number of hydrogen-bond acceptors (Lipinski definition) is 4. The summed E-state index contributed by atoms with van der Waals surface area (Å²) < 4.78 is 25.1. The van der Waals surface area contributed by atoms with Gasteiger partial charge in [0.15, 0.2) is 0 Å². The van der Waals surface area contributed by atoms with Crippen LogP contribution in [0, 0.1) is 0 Å². The molecule has 0 bridgehead atoms. The highest BCUT2D eigenvalue weighted by molar-refractivity contribution is 7.89. The van der Waals surface area contributed by atoms with Crippen LogP contribution in [0.2, 0.25) is 0 Å². The van der Waals surface area contributed by atoms with Crippen LogP contribution in [-0.2, 0) is 15.6 Å². The molecular weight excluding hydrogens is 276 g/mol. The molecule has 1 aromatic heterocycles. The largest absolute Gasteiger partial charge is 0.399 e. The number of rotatable bonds is 2. The lowest BCUT2D eigenvalue weighted by Gasteiger charge is -2.18.